The number of esters is 1. The van der Waals surface area contributed by atoms with Crippen LogP contribution in [0, 0.1) is 5.41 Å². The molecule has 12 nitrogen and oxygen atoms in total. The maximum absolute atomic E-state index is 13.4. The van der Waals surface area contributed by atoms with Gasteiger partial charge in [0.05, 0.1) is 18.6 Å². The molecule has 2 aliphatic heterocycles. The van der Waals surface area contributed by atoms with Crippen molar-refractivity contribution in [2.45, 2.75) is 64.8 Å². The molecule has 12 heteroatoms. The van der Waals surface area contributed by atoms with Crippen LogP contribution in [0.2, 0.25) is 0 Å². The van der Waals surface area contributed by atoms with Crippen molar-refractivity contribution in [1.29, 1.82) is 0 Å². The van der Waals surface area contributed by atoms with Gasteiger partial charge in [0.1, 0.15) is 6.04 Å². The van der Waals surface area contributed by atoms with Gasteiger partial charge in [-0.05, 0) is 63.3 Å². The molecule has 39 heavy (non-hydrogen) atoms. The maximum atomic E-state index is 13.4. The van der Waals surface area contributed by atoms with E-state index >= 15 is 0 Å². The number of ether oxygens (including phenoxy) is 2. The average Bonchev–Trinajstić information content (AvgIpc) is 3.26. The fraction of sp³-hybridized carbons (Fsp3) is 0.593. The first-order chi connectivity index (χ1) is 18.7. The van der Waals surface area contributed by atoms with Gasteiger partial charge in [-0.25, -0.2) is 9.59 Å². The van der Waals surface area contributed by atoms with Crippen LogP contribution in [-0.4, -0.2) is 78.7 Å². The summed E-state index contributed by atoms with van der Waals surface area (Å²) < 4.78 is 10.1. The summed E-state index contributed by atoms with van der Waals surface area (Å²) in [5, 5.41) is 14.3. The Bertz CT molecular complexity index is 1050. The maximum Gasteiger partial charge on any atom is 0.407 e. The third kappa shape index (κ3) is 7.39. The van der Waals surface area contributed by atoms with E-state index in [1.54, 1.807) is 41.0 Å². The highest BCUT2D eigenvalue weighted by Crippen LogP contribution is 2.43. The van der Waals surface area contributed by atoms with Crippen LogP contribution >= 0.6 is 0 Å². The molecule has 1 aromatic rings. The third-order valence-electron chi connectivity index (χ3n) is 7.41. The Morgan fingerprint density at radius 2 is 1.77 bits per heavy atom. The Hall–Kier alpha value is -3.83. The van der Waals surface area contributed by atoms with E-state index < -0.39 is 23.5 Å². The second kappa shape index (κ2) is 13.8. The number of benzene rings is 1. The number of hydrogen-bond acceptors (Lipinski definition) is 8. The van der Waals surface area contributed by atoms with Crippen LogP contribution in [0.1, 0.15) is 64.4 Å². The molecule has 3 rings (SSSR count). The summed E-state index contributed by atoms with van der Waals surface area (Å²) in [6.07, 6.45) is 2.83. The average molecular weight is 546 g/mol. The molecule has 0 aromatic heterocycles. The molecule has 0 unspecified atom stereocenters. The summed E-state index contributed by atoms with van der Waals surface area (Å²) in [7, 11) is 0. The van der Waals surface area contributed by atoms with Gasteiger partial charge in [-0.3, -0.25) is 9.59 Å². The van der Waals surface area contributed by atoms with Gasteiger partial charge in [0.2, 0.25) is 11.8 Å². The molecule has 0 saturated carbocycles. The molecule has 0 bridgehead atoms. The van der Waals surface area contributed by atoms with Crippen molar-refractivity contribution in [2.24, 2.45) is 16.3 Å². The van der Waals surface area contributed by atoms with Crippen LogP contribution in [0.3, 0.4) is 0 Å². The van der Waals surface area contributed by atoms with Crippen LogP contribution < -0.4 is 16.0 Å². The van der Waals surface area contributed by atoms with Gasteiger partial charge in [-0.15, -0.1) is 0 Å². The number of alkyl carbamates (subject to hydrolysis) is 1. The van der Waals surface area contributed by atoms with Crippen molar-refractivity contribution in [3.05, 3.63) is 29.8 Å². The molecule has 0 aliphatic carbocycles. The molecule has 2 saturated heterocycles. The van der Waals surface area contributed by atoms with Gasteiger partial charge in [0, 0.05) is 37.3 Å². The molecule has 214 valence electrons. The van der Waals surface area contributed by atoms with Crippen molar-refractivity contribution >= 4 is 35.4 Å². The Kier molecular flexibility index (Phi) is 10.5. The Morgan fingerprint density at radius 1 is 1.10 bits per heavy atom. The van der Waals surface area contributed by atoms with Gasteiger partial charge < -0.3 is 35.5 Å². The summed E-state index contributed by atoms with van der Waals surface area (Å²) >= 11 is 0. The van der Waals surface area contributed by atoms with Crippen LogP contribution in [0.25, 0.3) is 0 Å². The predicted molar refractivity (Wildman–Crippen MR) is 143 cm³/mol. The number of amides is 3. The molecule has 4 N–H and O–H groups in total. The number of carbonyl (C=O) groups is 4. The lowest BCUT2D eigenvalue weighted by Gasteiger charge is -2.38. The zero-order valence-corrected chi connectivity index (χ0v) is 22.7. The number of unbranched alkanes of at least 4 members (excludes halogenated alkanes) is 1. The fourth-order valence-corrected chi connectivity index (χ4v) is 5.00. The summed E-state index contributed by atoms with van der Waals surface area (Å²) in [4.78, 5) is 54.2. The number of hydrogen-bond donors (Lipinski definition) is 3. The van der Waals surface area contributed by atoms with E-state index in [4.69, 9.17) is 20.4 Å². The minimum Gasteiger partial charge on any atom is -0.464 e. The summed E-state index contributed by atoms with van der Waals surface area (Å²) in [5.74, 6) is -0.703. The second-order valence-electron chi connectivity index (χ2n) is 9.88. The van der Waals surface area contributed by atoms with E-state index in [9.17, 15) is 19.2 Å². The van der Waals surface area contributed by atoms with Gasteiger partial charge >= 0.3 is 12.1 Å². The van der Waals surface area contributed by atoms with Gasteiger partial charge in [0.15, 0.2) is 5.84 Å². The first kappa shape index (κ1) is 29.7. The Morgan fingerprint density at radius 3 is 2.38 bits per heavy atom. The van der Waals surface area contributed by atoms with Gasteiger partial charge in [-0.2, -0.15) is 0 Å². The Labute approximate surface area is 228 Å². The zero-order chi connectivity index (χ0) is 28.4. The molecule has 1 aromatic carbocycles. The third-order valence-corrected chi connectivity index (χ3v) is 7.41. The number of oxime groups is 1. The van der Waals surface area contributed by atoms with E-state index in [1.807, 2.05) is 6.92 Å². The van der Waals surface area contributed by atoms with E-state index in [0.29, 0.717) is 50.9 Å². The van der Waals surface area contributed by atoms with E-state index in [2.05, 4.69) is 10.5 Å². The molecule has 3 amide bonds. The zero-order valence-electron chi connectivity index (χ0n) is 22.7. The number of amidine groups is 1. The topological polar surface area (TPSA) is 164 Å². The summed E-state index contributed by atoms with van der Waals surface area (Å²) in [6, 6.07) is 5.97. The molecule has 1 spiro atoms. The van der Waals surface area contributed by atoms with E-state index in [-0.39, 0.29) is 43.7 Å². The highest BCUT2D eigenvalue weighted by Gasteiger charge is 2.49. The van der Waals surface area contributed by atoms with Crippen LogP contribution in [0.4, 0.5) is 10.5 Å². The number of nitrogens with zero attached hydrogens (tertiary/aromatic N) is 3. The number of likely N-dealkylation sites (tertiary alicyclic amines) is 1. The van der Waals surface area contributed by atoms with Crippen molar-refractivity contribution in [2.75, 3.05) is 37.7 Å². The SMILES string of the molecule is CCCCOC(=O)N[C@@H](CCC(=O)N1CCC2(CC1)CCN(c1ccc(C(N)=NO)cc1)C2=O)C(=O)OCC. The predicted octanol–water partition coefficient (Wildman–Crippen LogP) is 2.36. The monoisotopic (exact) mass is 545 g/mol. The van der Waals surface area contributed by atoms with Crippen molar-refractivity contribution in [3.63, 3.8) is 0 Å². The van der Waals surface area contributed by atoms with Crippen LogP contribution in [0.5, 0.6) is 0 Å². The number of nitrogens with two attached hydrogens (primary N) is 1. The highest BCUT2D eigenvalue weighted by atomic mass is 16.6. The van der Waals surface area contributed by atoms with Gasteiger partial charge in [0.25, 0.3) is 0 Å². The highest BCUT2D eigenvalue weighted by molar-refractivity contribution is 6.01. The standard InChI is InChI=1S/C27H39N5O7/c1-3-5-18-39-26(36)29-21(24(34)38-4-2)10-11-22(33)31-15-12-27(13-16-31)14-17-32(25(27)35)20-8-6-19(7-9-20)23(28)30-37/h6-9,21,37H,3-5,10-18H2,1-2H3,(H2,28,30)(H,29,36)/t21-/m0/s1. The second-order valence-corrected chi connectivity index (χ2v) is 9.88. The number of rotatable bonds is 11. The number of piperidine rings is 1. The van der Waals surface area contributed by atoms with Crippen molar-refractivity contribution < 1.29 is 33.9 Å². The largest absolute Gasteiger partial charge is 0.464 e. The summed E-state index contributed by atoms with van der Waals surface area (Å²) in [6.45, 7) is 5.52. The molecular weight excluding hydrogens is 506 g/mol. The smallest absolute Gasteiger partial charge is 0.407 e. The lowest BCUT2D eigenvalue weighted by molar-refractivity contribution is -0.146. The molecule has 0 radical (unpaired) electrons. The number of anilines is 1. The molecule has 2 fully saturated rings. The lowest BCUT2D eigenvalue weighted by Crippen LogP contribution is -2.47. The lowest BCUT2D eigenvalue weighted by atomic mass is 9.77. The molecular formula is C27H39N5O7. The minimum absolute atomic E-state index is 0.000859. The first-order valence-corrected chi connectivity index (χ1v) is 13.5. The van der Waals surface area contributed by atoms with Crippen molar-refractivity contribution in [3.8, 4) is 0 Å². The van der Waals surface area contributed by atoms with Crippen molar-refractivity contribution in [1.82, 2.24) is 10.2 Å². The Balaban J connectivity index is 1.53. The number of nitrogens with one attached hydrogen (secondary N) is 1. The molecule has 1 atom stereocenters. The summed E-state index contributed by atoms with van der Waals surface area (Å²) in [5.41, 5.74) is 6.41. The number of carbonyl (C=O) groups excluding carboxylic acids is 4. The quantitative estimate of drug-likeness (QED) is 0.0952. The van der Waals surface area contributed by atoms with E-state index in [1.165, 1.54) is 0 Å². The van der Waals surface area contributed by atoms with E-state index in [0.717, 1.165) is 12.1 Å². The van der Waals surface area contributed by atoms with Crippen LogP contribution in [0.15, 0.2) is 29.4 Å². The fourth-order valence-electron chi connectivity index (χ4n) is 5.00. The first-order valence-electron chi connectivity index (χ1n) is 13.5. The molecule has 2 heterocycles. The van der Waals surface area contributed by atoms with Gasteiger partial charge in [-0.1, -0.05) is 18.5 Å². The minimum atomic E-state index is -0.977. The normalized spacial score (nSPS) is 17.7. The van der Waals surface area contributed by atoms with Crippen LogP contribution in [-0.2, 0) is 23.9 Å². The molecule has 2 aliphatic rings.